The van der Waals surface area contributed by atoms with Crippen LogP contribution in [-0.2, 0) is 16.0 Å². The van der Waals surface area contributed by atoms with Gasteiger partial charge in [0.05, 0.1) is 4.47 Å². The maximum atomic E-state index is 13.6. The first kappa shape index (κ1) is 11.8. The van der Waals surface area contributed by atoms with Gasteiger partial charge in [0.15, 0.2) is 11.6 Å². The molecule has 0 N–H and O–H groups in total. The number of hydrogen-bond donors (Lipinski definition) is 0. The van der Waals surface area contributed by atoms with Gasteiger partial charge in [0, 0.05) is 13.3 Å². The van der Waals surface area contributed by atoms with Gasteiger partial charge in [-0.15, -0.1) is 0 Å². The number of hydrogen-bond acceptors (Lipinski definition) is 3. The summed E-state index contributed by atoms with van der Waals surface area (Å²) in [4.78, 5) is 21.0. The van der Waals surface area contributed by atoms with Crippen molar-refractivity contribution in [3.63, 3.8) is 0 Å². The van der Waals surface area contributed by atoms with Crippen LogP contribution in [0.5, 0.6) is 5.75 Å². The summed E-state index contributed by atoms with van der Waals surface area (Å²) in [5.74, 6) is -1.48. The molecule has 0 unspecified atom stereocenters. The summed E-state index contributed by atoms with van der Waals surface area (Å²) in [7, 11) is 0. The van der Waals surface area contributed by atoms with Gasteiger partial charge in [0.1, 0.15) is 6.29 Å². The molecular formula is C10H8BrFO3. The Hall–Kier alpha value is -1.23. The fourth-order valence-corrected chi connectivity index (χ4v) is 1.45. The highest BCUT2D eigenvalue weighted by atomic mass is 79.9. The molecule has 0 spiro atoms. The molecular weight excluding hydrogens is 267 g/mol. The summed E-state index contributed by atoms with van der Waals surface area (Å²) in [6.45, 7) is 1.18. The van der Waals surface area contributed by atoms with Crippen molar-refractivity contribution in [3.8, 4) is 5.75 Å². The SMILES string of the molecule is CC(=O)Oc1c(Br)ccc(CC=O)c1F. The van der Waals surface area contributed by atoms with Crippen molar-refractivity contribution in [3.05, 3.63) is 28.0 Å². The van der Waals surface area contributed by atoms with Crippen LogP contribution in [0.3, 0.4) is 0 Å². The normalized spacial score (nSPS) is 9.80. The second-order valence-corrected chi connectivity index (χ2v) is 3.67. The average Bonchev–Trinajstić information content (AvgIpc) is 2.17. The van der Waals surface area contributed by atoms with Crippen LogP contribution < -0.4 is 4.74 Å². The number of ether oxygens (including phenoxy) is 1. The maximum Gasteiger partial charge on any atom is 0.308 e. The van der Waals surface area contributed by atoms with Gasteiger partial charge in [-0.1, -0.05) is 6.07 Å². The summed E-state index contributed by atoms with van der Waals surface area (Å²) in [6, 6.07) is 2.99. The van der Waals surface area contributed by atoms with Crippen LogP contribution in [0.2, 0.25) is 0 Å². The zero-order chi connectivity index (χ0) is 11.4. The van der Waals surface area contributed by atoms with E-state index in [4.69, 9.17) is 0 Å². The molecule has 0 fully saturated rings. The minimum atomic E-state index is -0.688. The molecule has 1 aromatic carbocycles. The van der Waals surface area contributed by atoms with Gasteiger partial charge in [-0.2, -0.15) is 0 Å². The summed E-state index contributed by atoms with van der Waals surface area (Å²) in [6.07, 6.45) is 0.539. The zero-order valence-corrected chi connectivity index (χ0v) is 9.51. The minimum absolute atomic E-state index is 0.0482. The summed E-state index contributed by atoms with van der Waals surface area (Å²) in [5, 5.41) is 0. The van der Waals surface area contributed by atoms with Crippen molar-refractivity contribution in [2.45, 2.75) is 13.3 Å². The number of halogens is 2. The van der Waals surface area contributed by atoms with Crippen molar-refractivity contribution in [2.75, 3.05) is 0 Å². The molecule has 0 aliphatic carbocycles. The molecule has 1 aromatic rings. The quantitative estimate of drug-likeness (QED) is 0.482. The Morgan fingerprint density at radius 3 is 2.80 bits per heavy atom. The molecule has 0 aliphatic heterocycles. The molecule has 15 heavy (non-hydrogen) atoms. The number of aldehydes is 1. The van der Waals surface area contributed by atoms with Crippen LogP contribution >= 0.6 is 15.9 Å². The van der Waals surface area contributed by atoms with Gasteiger partial charge in [0.25, 0.3) is 0 Å². The van der Waals surface area contributed by atoms with E-state index in [-0.39, 0.29) is 17.7 Å². The zero-order valence-electron chi connectivity index (χ0n) is 7.92. The fourth-order valence-electron chi connectivity index (χ4n) is 1.06. The third-order valence-electron chi connectivity index (χ3n) is 1.68. The molecule has 0 amide bonds. The number of carbonyl (C=O) groups excluding carboxylic acids is 2. The minimum Gasteiger partial charge on any atom is -0.422 e. The van der Waals surface area contributed by atoms with E-state index in [1.807, 2.05) is 0 Å². The smallest absolute Gasteiger partial charge is 0.308 e. The van der Waals surface area contributed by atoms with Crippen LogP contribution in [-0.4, -0.2) is 12.3 Å². The lowest BCUT2D eigenvalue weighted by atomic mass is 10.1. The molecule has 0 saturated carbocycles. The van der Waals surface area contributed by atoms with Gasteiger partial charge in [-0.3, -0.25) is 4.79 Å². The van der Waals surface area contributed by atoms with Gasteiger partial charge in [-0.05, 0) is 27.6 Å². The van der Waals surface area contributed by atoms with Crippen molar-refractivity contribution in [2.24, 2.45) is 0 Å². The monoisotopic (exact) mass is 274 g/mol. The van der Waals surface area contributed by atoms with E-state index in [1.54, 1.807) is 0 Å². The maximum absolute atomic E-state index is 13.6. The standard InChI is InChI=1S/C10H8BrFO3/c1-6(14)15-10-8(11)3-2-7(4-5-13)9(10)12/h2-3,5H,4H2,1H3. The molecule has 0 atom stereocenters. The number of benzene rings is 1. The van der Waals surface area contributed by atoms with E-state index in [0.717, 1.165) is 0 Å². The molecule has 0 aliphatic rings. The summed E-state index contributed by atoms with van der Waals surface area (Å²) in [5.41, 5.74) is 0.199. The third kappa shape index (κ3) is 2.86. The van der Waals surface area contributed by atoms with Crippen LogP contribution in [0.15, 0.2) is 16.6 Å². The largest absolute Gasteiger partial charge is 0.422 e. The molecule has 3 nitrogen and oxygen atoms in total. The summed E-state index contributed by atoms with van der Waals surface area (Å²) >= 11 is 3.06. The Kier molecular flexibility index (Phi) is 3.96. The fraction of sp³-hybridized carbons (Fsp3) is 0.200. The van der Waals surface area contributed by atoms with Crippen molar-refractivity contribution >= 4 is 28.2 Å². The van der Waals surface area contributed by atoms with Gasteiger partial charge in [-0.25, -0.2) is 4.39 Å². The predicted octanol–water partition coefficient (Wildman–Crippen LogP) is 2.25. The Morgan fingerprint density at radius 1 is 1.60 bits per heavy atom. The van der Waals surface area contributed by atoms with Crippen molar-refractivity contribution < 1.29 is 18.7 Å². The van der Waals surface area contributed by atoms with Crippen LogP contribution in [0.25, 0.3) is 0 Å². The molecule has 0 aromatic heterocycles. The van der Waals surface area contributed by atoms with Gasteiger partial charge in [0.2, 0.25) is 0 Å². The molecule has 1 rings (SSSR count). The number of esters is 1. The molecule has 0 saturated heterocycles. The van der Waals surface area contributed by atoms with E-state index in [1.165, 1.54) is 19.1 Å². The van der Waals surface area contributed by atoms with E-state index >= 15 is 0 Å². The lowest BCUT2D eigenvalue weighted by Gasteiger charge is -2.07. The van der Waals surface area contributed by atoms with Crippen LogP contribution in [0.4, 0.5) is 4.39 Å². The van der Waals surface area contributed by atoms with Crippen molar-refractivity contribution in [1.82, 2.24) is 0 Å². The molecule has 0 radical (unpaired) electrons. The van der Waals surface area contributed by atoms with Gasteiger partial charge < -0.3 is 9.53 Å². The lowest BCUT2D eigenvalue weighted by Crippen LogP contribution is -2.05. The third-order valence-corrected chi connectivity index (χ3v) is 2.30. The number of rotatable bonds is 3. The van der Waals surface area contributed by atoms with Crippen LogP contribution in [0.1, 0.15) is 12.5 Å². The Labute approximate surface area is 94.4 Å². The van der Waals surface area contributed by atoms with Gasteiger partial charge >= 0.3 is 5.97 Å². The Morgan fingerprint density at radius 2 is 2.27 bits per heavy atom. The molecule has 0 bridgehead atoms. The van der Waals surface area contributed by atoms with E-state index < -0.39 is 11.8 Å². The molecule has 80 valence electrons. The topological polar surface area (TPSA) is 43.4 Å². The molecule has 5 heteroatoms. The highest BCUT2D eigenvalue weighted by Gasteiger charge is 2.14. The Balaban J connectivity index is 3.16. The average molecular weight is 275 g/mol. The van der Waals surface area contributed by atoms with E-state index in [9.17, 15) is 14.0 Å². The second kappa shape index (κ2) is 5.02. The summed E-state index contributed by atoms with van der Waals surface area (Å²) < 4.78 is 18.6. The van der Waals surface area contributed by atoms with Crippen LogP contribution in [0, 0.1) is 5.82 Å². The first-order chi connectivity index (χ1) is 7.06. The first-order valence-electron chi connectivity index (χ1n) is 4.15. The predicted molar refractivity (Wildman–Crippen MR) is 55.2 cm³/mol. The Bertz CT molecular complexity index is 404. The van der Waals surface area contributed by atoms with E-state index in [0.29, 0.717) is 10.8 Å². The highest BCUT2D eigenvalue weighted by molar-refractivity contribution is 9.10. The lowest BCUT2D eigenvalue weighted by molar-refractivity contribution is -0.132. The number of carbonyl (C=O) groups is 2. The second-order valence-electron chi connectivity index (χ2n) is 2.81. The van der Waals surface area contributed by atoms with Crippen molar-refractivity contribution in [1.29, 1.82) is 0 Å². The highest BCUT2D eigenvalue weighted by Crippen LogP contribution is 2.30. The van der Waals surface area contributed by atoms with E-state index in [2.05, 4.69) is 20.7 Å². The first-order valence-corrected chi connectivity index (χ1v) is 4.94. The molecule has 0 heterocycles.